The number of hydrogen-bond acceptors (Lipinski definition) is 8. The minimum atomic E-state index is -4.77. The van der Waals surface area contributed by atoms with Crippen LogP contribution in [-0.4, -0.2) is 35.5 Å². The van der Waals surface area contributed by atoms with Crippen LogP contribution in [0.5, 0.6) is 5.75 Å². The summed E-state index contributed by atoms with van der Waals surface area (Å²) in [6, 6.07) is 5.36. The van der Waals surface area contributed by atoms with Crippen molar-refractivity contribution >= 4 is 39.7 Å². The van der Waals surface area contributed by atoms with Crippen molar-refractivity contribution in [3.63, 3.8) is 0 Å². The topological polar surface area (TPSA) is 102 Å². The Kier molecular flexibility index (Phi) is 10.8. The Hall–Kier alpha value is -4.19. The number of thiazole rings is 1. The Labute approximate surface area is 234 Å². The van der Waals surface area contributed by atoms with Gasteiger partial charge in [0.05, 0.1) is 18.7 Å². The molecule has 0 saturated heterocycles. The minimum absolute atomic E-state index is 0.0728. The second kappa shape index (κ2) is 14.3. The molecule has 1 amide bonds. The SMILES string of the molecule is CCCC=C/N=C1/C=C(C(=O)Nc2ncc(CC(=O)OCC)s2)C=C/C1=C(/C)Nc1ccc(OC(F)(F)F)cc1. The third kappa shape index (κ3) is 9.53. The summed E-state index contributed by atoms with van der Waals surface area (Å²) in [7, 11) is 0. The summed E-state index contributed by atoms with van der Waals surface area (Å²) in [6.45, 7) is 5.86. The summed E-state index contributed by atoms with van der Waals surface area (Å²) in [5, 5.41) is 6.24. The number of aliphatic imine (C=N–C) groups is 1. The summed E-state index contributed by atoms with van der Waals surface area (Å²) in [5.41, 5.74) is 2.77. The maximum absolute atomic E-state index is 13.0. The van der Waals surface area contributed by atoms with Gasteiger partial charge in [-0.05, 0) is 56.7 Å². The smallest absolute Gasteiger partial charge is 0.466 e. The van der Waals surface area contributed by atoms with E-state index in [0.29, 0.717) is 38.3 Å². The number of alkyl halides is 3. The Bertz CT molecular complexity index is 1360. The molecule has 2 aromatic rings. The molecule has 0 atom stereocenters. The molecule has 1 heterocycles. The number of nitrogens with zero attached hydrogens (tertiary/aromatic N) is 2. The fourth-order valence-electron chi connectivity index (χ4n) is 3.47. The summed E-state index contributed by atoms with van der Waals surface area (Å²) >= 11 is 1.18. The van der Waals surface area contributed by atoms with Crippen molar-refractivity contribution in [2.45, 2.75) is 46.4 Å². The first-order valence-electron chi connectivity index (χ1n) is 12.5. The zero-order valence-corrected chi connectivity index (χ0v) is 23.0. The molecule has 1 aromatic carbocycles. The van der Waals surface area contributed by atoms with Crippen molar-refractivity contribution in [3.8, 4) is 5.75 Å². The zero-order chi connectivity index (χ0) is 29.1. The first-order valence-corrected chi connectivity index (χ1v) is 13.3. The van der Waals surface area contributed by atoms with Crippen LogP contribution in [0.2, 0.25) is 0 Å². The number of hydrogen-bond donors (Lipinski definition) is 2. The number of allylic oxidation sites excluding steroid dienone is 5. The molecule has 0 radical (unpaired) electrons. The van der Waals surface area contributed by atoms with E-state index in [2.05, 4.69) is 25.3 Å². The molecule has 0 unspecified atom stereocenters. The molecule has 1 aliphatic carbocycles. The molecule has 3 rings (SSSR count). The summed E-state index contributed by atoms with van der Waals surface area (Å²) in [6.07, 6.45) is 7.21. The fourth-order valence-corrected chi connectivity index (χ4v) is 4.26. The molecule has 0 fully saturated rings. The van der Waals surface area contributed by atoms with Crippen LogP contribution in [0.3, 0.4) is 0 Å². The van der Waals surface area contributed by atoms with Gasteiger partial charge >= 0.3 is 12.3 Å². The van der Waals surface area contributed by atoms with Gasteiger partial charge in [0.2, 0.25) is 0 Å². The Morgan fingerprint density at radius 1 is 1.12 bits per heavy atom. The largest absolute Gasteiger partial charge is 0.573 e. The van der Waals surface area contributed by atoms with Gasteiger partial charge in [0.15, 0.2) is 5.13 Å². The van der Waals surface area contributed by atoms with Crippen LogP contribution in [0.1, 0.15) is 38.5 Å². The number of benzene rings is 1. The average molecular weight is 575 g/mol. The van der Waals surface area contributed by atoms with E-state index in [9.17, 15) is 22.8 Å². The second-order valence-electron chi connectivity index (χ2n) is 8.42. The zero-order valence-electron chi connectivity index (χ0n) is 22.2. The summed E-state index contributed by atoms with van der Waals surface area (Å²) in [5.74, 6) is -1.09. The van der Waals surface area contributed by atoms with Crippen molar-refractivity contribution in [3.05, 3.63) is 82.7 Å². The van der Waals surface area contributed by atoms with Gasteiger partial charge in [-0.25, -0.2) is 4.98 Å². The second-order valence-corrected chi connectivity index (χ2v) is 9.54. The van der Waals surface area contributed by atoms with Crippen molar-refractivity contribution in [2.75, 3.05) is 17.2 Å². The monoisotopic (exact) mass is 574 g/mol. The van der Waals surface area contributed by atoms with E-state index in [0.717, 1.165) is 12.8 Å². The molecule has 212 valence electrons. The van der Waals surface area contributed by atoms with Crippen molar-refractivity contribution in [1.82, 2.24) is 4.98 Å². The number of halogens is 3. The molecule has 0 saturated carbocycles. The summed E-state index contributed by atoms with van der Waals surface area (Å²) < 4.78 is 46.2. The number of amides is 1. The lowest BCUT2D eigenvalue weighted by molar-refractivity contribution is -0.274. The molecule has 8 nitrogen and oxygen atoms in total. The molecule has 1 aliphatic rings. The highest BCUT2D eigenvalue weighted by molar-refractivity contribution is 7.15. The van der Waals surface area contributed by atoms with Crippen LogP contribution in [0.25, 0.3) is 0 Å². The highest BCUT2D eigenvalue weighted by Crippen LogP contribution is 2.26. The number of nitrogens with one attached hydrogen (secondary N) is 2. The van der Waals surface area contributed by atoms with Gasteiger partial charge in [0.1, 0.15) is 5.75 Å². The van der Waals surface area contributed by atoms with Crippen molar-refractivity contribution in [2.24, 2.45) is 4.99 Å². The van der Waals surface area contributed by atoms with Gasteiger partial charge in [-0.15, -0.1) is 24.5 Å². The molecular weight excluding hydrogens is 545 g/mol. The molecule has 2 N–H and O–H groups in total. The Morgan fingerprint density at radius 3 is 2.55 bits per heavy atom. The maximum Gasteiger partial charge on any atom is 0.573 e. The Morgan fingerprint density at radius 2 is 1.88 bits per heavy atom. The normalized spacial score (nSPS) is 15.7. The molecule has 0 bridgehead atoms. The van der Waals surface area contributed by atoms with Crippen LogP contribution in [0, 0.1) is 0 Å². The number of anilines is 2. The Balaban J connectivity index is 1.77. The maximum atomic E-state index is 13.0. The number of aromatic nitrogens is 1. The highest BCUT2D eigenvalue weighted by atomic mass is 32.1. The first kappa shape index (κ1) is 30.4. The number of carbonyl (C=O) groups excluding carboxylic acids is 2. The number of unbranched alkanes of at least 4 members (excludes halogenated alkanes) is 1. The first-order chi connectivity index (χ1) is 19.1. The third-order valence-corrected chi connectivity index (χ3v) is 6.17. The van der Waals surface area contributed by atoms with Crippen LogP contribution in [-0.2, 0) is 20.7 Å². The quantitative estimate of drug-likeness (QED) is 0.289. The minimum Gasteiger partial charge on any atom is -0.466 e. The fraction of sp³-hybridized carbons (Fsp3) is 0.286. The molecule has 0 aliphatic heterocycles. The van der Waals surface area contributed by atoms with E-state index in [-0.39, 0.29) is 24.7 Å². The van der Waals surface area contributed by atoms with Gasteiger partial charge in [-0.3, -0.25) is 19.9 Å². The lowest BCUT2D eigenvalue weighted by atomic mass is 9.98. The molecule has 40 heavy (non-hydrogen) atoms. The van der Waals surface area contributed by atoms with Crippen LogP contribution >= 0.6 is 11.3 Å². The number of rotatable bonds is 11. The van der Waals surface area contributed by atoms with E-state index in [4.69, 9.17) is 4.74 Å². The average Bonchev–Trinajstić information content (AvgIpc) is 3.33. The van der Waals surface area contributed by atoms with E-state index >= 15 is 0 Å². The standard InChI is InChI=1S/C28H29F3N4O4S/c1-4-6-7-14-32-24-15-19(26(37)35-27-33-17-22(40-27)16-25(36)38-5-2)8-13-23(24)18(3)34-20-9-11-21(12-10-20)39-28(29,30)31/h7-15,17,34H,4-6,16H2,1-3H3,(H,33,35,37)/b14-7?,23-18+,32-24-. The van der Waals surface area contributed by atoms with Crippen LogP contribution in [0.4, 0.5) is 24.0 Å². The van der Waals surface area contributed by atoms with E-state index < -0.39 is 12.3 Å². The van der Waals surface area contributed by atoms with Gasteiger partial charge in [-0.2, -0.15) is 0 Å². The third-order valence-electron chi connectivity index (χ3n) is 5.26. The van der Waals surface area contributed by atoms with Crippen LogP contribution < -0.4 is 15.4 Å². The number of carbonyl (C=O) groups is 2. The van der Waals surface area contributed by atoms with Gasteiger partial charge in [0, 0.05) is 39.8 Å². The summed E-state index contributed by atoms with van der Waals surface area (Å²) in [4.78, 5) is 34.0. The van der Waals surface area contributed by atoms with E-state index in [1.807, 2.05) is 13.0 Å². The molecule has 12 heteroatoms. The van der Waals surface area contributed by atoms with Gasteiger partial charge in [-0.1, -0.05) is 25.5 Å². The lowest BCUT2D eigenvalue weighted by Crippen LogP contribution is -2.18. The molecular formula is C28H29F3N4O4S. The van der Waals surface area contributed by atoms with Crippen molar-refractivity contribution in [1.29, 1.82) is 0 Å². The molecule has 0 spiro atoms. The number of esters is 1. The highest BCUT2D eigenvalue weighted by Gasteiger charge is 2.31. The van der Waals surface area contributed by atoms with Gasteiger partial charge in [0.25, 0.3) is 5.91 Å². The van der Waals surface area contributed by atoms with Crippen LogP contribution in [0.15, 0.2) is 82.8 Å². The van der Waals surface area contributed by atoms with Crippen molar-refractivity contribution < 1.29 is 32.2 Å². The van der Waals surface area contributed by atoms with E-state index in [1.54, 1.807) is 38.3 Å². The molecule has 1 aromatic heterocycles. The predicted molar refractivity (Wildman–Crippen MR) is 149 cm³/mol. The number of ether oxygens (including phenoxy) is 2. The van der Waals surface area contributed by atoms with Gasteiger partial charge < -0.3 is 14.8 Å². The van der Waals surface area contributed by atoms with E-state index in [1.165, 1.54) is 41.8 Å². The predicted octanol–water partition coefficient (Wildman–Crippen LogP) is 6.72. The lowest BCUT2D eigenvalue weighted by Gasteiger charge is -2.16.